The molecule has 2 nitrogen and oxygen atoms in total. The van der Waals surface area contributed by atoms with Crippen molar-refractivity contribution in [2.75, 3.05) is 6.54 Å². The molecule has 1 N–H and O–H groups in total. The molecule has 15 heavy (non-hydrogen) atoms. The van der Waals surface area contributed by atoms with E-state index in [1.807, 2.05) is 13.8 Å². The highest BCUT2D eigenvalue weighted by molar-refractivity contribution is 5.38. The molecule has 0 radical (unpaired) electrons. The van der Waals surface area contributed by atoms with Crippen LogP contribution in [0.2, 0.25) is 0 Å². The molecule has 0 saturated heterocycles. The molecule has 1 atom stereocenters. The highest BCUT2D eigenvalue weighted by Crippen LogP contribution is 2.26. The van der Waals surface area contributed by atoms with Gasteiger partial charge in [0.15, 0.2) is 0 Å². The summed E-state index contributed by atoms with van der Waals surface area (Å²) in [4.78, 5) is 0. The van der Waals surface area contributed by atoms with Crippen LogP contribution in [0.5, 0.6) is 0 Å². The third-order valence-electron chi connectivity index (χ3n) is 2.67. The monoisotopic (exact) mass is 205 g/mol. The first-order valence-corrected chi connectivity index (χ1v) is 5.37. The Balaban J connectivity index is 2.97. The van der Waals surface area contributed by atoms with Crippen LogP contribution >= 0.6 is 0 Å². The Morgan fingerprint density at radius 3 is 2.40 bits per heavy atom. The van der Waals surface area contributed by atoms with Crippen molar-refractivity contribution in [2.24, 2.45) is 0 Å². The molecule has 1 rings (SSSR count). The maximum absolute atomic E-state index is 5.57. The summed E-state index contributed by atoms with van der Waals surface area (Å²) >= 11 is 0. The molecule has 0 fully saturated rings. The van der Waals surface area contributed by atoms with Crippen molar-refractivity contribution in [2.45, 2.75) is 40.2 Å². The average molecular weight is 205 g/mol. The number of rotatable bonds is 4. The summed E-state index contributed by atoms with van der Waals surface area (Å²) in [6, 6.07) is -0.0256. The van der Waals surface area contributed by atoms with E-state index in [9.17, 15) is 0 Å². The van der Waals surface area contributed by atoms with E-state index in [0.717, 1.165) is 30.0 Å². The van der Waals surface area contributed by atoms with Crippen molar-refractivity contribution in [1.29, 1.82) is 0 Å². The van der Waals surface area contributed by atoms with Crippen LogP contribution in [0.15, 0.2) is 4.42 Å². The van der Waals surface area contributed by atoms with Gasteiger partial charge in [-0.25, -0.2) is 0 Å². The van der Waals surface area contributed by atoms with Crippen molar-refractivity contribution >= 4 is 0 Å². The smallest absolute Gasteiger partial charge is 0.107 e. The summed E-state index contributed by atoms with van der Waals surface area (Å²) < 4.78 is 5.57. The molecule has 0 spiro atoms. The van der Waals surface area contributed by atoms with Gasteiger partial charge >= 0.3 is 0 Å². The van der Waals surface area contributed by atoms with E-state index in [-0.39, 0.29) is 6.04 Å². The molecule has 0 saturated carbocycles. The van der Waals surface area contributed by atoms with Gasteiger partial charge in [-0.2, -0.15) is 0 Å². The topological polar surface area (TPSA) is 25.2 Å². The minimum atomic E-state index is -0.0256. The van der Waals surface area contributed by atoms with Gasteiger partial charge in [0.2, 0.25) is 0 Å². The molecule has 0 aliphatic heterocycles. The fourth-order valence-corrected chi connectivity index (χ4v) is 1.77. The van der Waals surface area contributed by atoms with Crippen LogP contribution in [0.1, 0.15) is 42.0 Å². The lowest BCUT2D eigenvalue weighted by atomic mass is 10.0. The summed E-state index contributed by atoms with van der Waals surface area (Å²) in [7, 11) is 0. The number of hydrogen-bond acceptors (Lipinski definition) is 2. The highest BCUT2D eigenvalue weighted by Gasteiger charge is 2.18. The van der Waals surface area contributed by atoms with Crippen molar-refractivity contribution in [3.63, 3.8) is 0 Å². The lowest BCUT2D eigenvalue weighted by Gasteiger charge is -2.12. The Morgan fingerprint density at radius 2 is 2.00 bits per heavy atom. The molecular weight excluding hydrogens is 186 g/mol. The number of aryl methyl sites for hydroxylation is 2. The van der Waals surface area contributed by atoms with E-state index in [1.165, 1.54) is 5.56 Å². The van der Waals surface area contributed by atoms with Gasteiger partial charge in [-0.15, -0.1) is 6.42 Å². The molecule has 0 aromatic carbocycles. The number of terminal acetylenes is 1. The molecule has 0 aliphatic carbocycles. The van der Waals surface area contributed by atoms with Crippen LogP contribution in [0.4, 0.5) is 0 Å². The molecule has 82 valence electrons. The molecule has 2 heteroatoms. The standard InChI is InChI=1S/C13H19NO/c1-6-8-14-12(7-2)13-9(3)10(4)15-11(13)5/h2,12,14H,6,8H2,1,3-5H3. The third-order valence-corrected chi connectivity index (χ3v) is 2.67. The van der Waals surface area contributed by atoms with Gasteiger partial charge in [-0.1, -0.05) is 12.8 Å². The fraction of sp³-hybridized carbons (Fsp3) is 0.538. The zero-order valence-electron chi connectivity index (χ0n) is 9.98. The number of hydrogen-bond donors (Lipinski definition) is 1. The van der Waals surface area contributed by atoms with Gasteiger partial charge in [-0.3, -0.25) is 5.32 Å². The molecule has 0 amide bonds. The van der Waals surface area contributed by atoms with Crippen molar-refractivity contribution in [3.05, 3.63) is 22.6 Å². The summed E-state index contributed by atoms with van der Waals surface area (Å²) in [6.07, 6.45) is 6.61. The maximum atomic E-state index is 5.57. The zero-order chi connectivity index (χ0) is 11.4. The first-order chi connectivity index (χ1) is 7.11. The third kappa shape index (κ3) is 2.43. The Labute approximate surface area is 92.1 Å². The average Bonchev–Trinajstić information content (AvgIpc) is 2.45. The molecule has 1 unspecified atom stereocenters. The first kappa shape index (κ1) is 11.9. The van der Waals surface area contributed by atoms with E-state index < -0.39 is 0 Å². The van der Waals surface area contributed by atoms with Crippen molar-refractivity contribution in [3.8, 4) is 12.3 Å². The normalized spacial score (nSPS) is 12.5. The number of furan rings is 1. The molecule has 1 heterocycles. The second kappa shape index (κ2) is 5.04. The quantitative estimate of drug-likeness (QED) is 0.765. The van der Waals surface area contributed by atoms with Crippen LogP contribution in [0.25, 0.3) is 0 Å². The van der Waals surface area contributed by atoms with Gasteiger partial charge in [0, 0.05) is 5.56 Å². The second-order valence-electron chi connectivity index (χ2n) is 3.81. The van der Waals surface area contributed by atoms with E-state index in [2.05, 4.69) is 25.1 Å². The molecule has 1 aromatic heterocycles. The maximum Gasteiger partial charge on any atom is 0.107 e. The van der Waals surface area contributed by atoms with Crippen LogP contribution < -0.4 is 5.32 Å². The molecular formula is C13H19NO. The van der Waals surface area contributed by atoms with Gasteiger partial charge in [-0.05, 0) is 39.3 Å². The van der Waals surface area contributed by atoms with Gasteiger partial charge in [0.1, 0.15) is 11.5 Å². The van der Waals surface area contributed by atoms with Crippen LogP contribution in [-0.2, 0) is 0 Å². The Hall–Kier alpha value is -1.20. The van der Waals surface area contributed by atoms with Crippen LogP contribution in [-0.4, -0.2) is 6.54 Å². The van der Waals surface area contributed by atoms with E-state index in [4.69, 9.17) is 10.8 Å². The summed E-state index contributed by atoms with van der Waals surface area (Å²) in [6.45, 7) is 9.05. The Morgan fingerprint density at radius 1 is 1.33 bits per heavy atom. The van der Waals surface area contributed by atoms with Gasteiger partial charge < -0.3 is 4.42 Å². The molecule has 0 aliphatic rings. The van der Waals surface area contributed by atoms with Crippen LogP contribution in [0.3, 0.4) is 0 Å². The molecule has 1 aromatic rings. The van der Waals surface area contributed by atoms with E-state index in [0.29, 0.717) is 0 Å². The van der Waals surface area contributed by atoms with Crippen LogP contribution in [0, 0.1) is 33.1 Å². The number of nitrogens with one attached hydrogen (secondary N) is 1. The van der Waals surface area contributed by atoms with E-state index >= 15 is 0 Å². The molecule has 0 bridgehead atoms. The Bertz CT molecular complexity index is 371. The zero-order valence-corrected chi connectivity index (χ0v) is 9.98. The predicted molar refractivity (Wildman–Crippen MR) is 62.8 cm³/mol. The minimum absolute atomic E-state index is 0.0256. The Kier molecular flexibility index (Phi) is 3.99. The van der Waals surface area contributed by atoms with E-state index in [1.54, 1.807) is 0 Å². The first-order valence-electron chi connectivity index (χ1n) is 5.37. The largest absolute Gasteiger partial charge is 0.466 e. The van der Waals surface area contributed by atoms with Crippen molar-refractivity contribution in [1.82, 2.24) is 5.32 Å². The minimum Gasteiger partial charge on any atom is -0.466 e. The van der Waals surface area contributed by atoms with Gasteiger partial charge in [0.05, 0.1) is 6.04 Å². The summed E-state index contributed by atoms with van der Waals surface area (Å²) in [5, 5.41) is 3.33. The lowest BCUT2D eigenvalue weighted by Crippen LogP contribution is -2.21. The van der Waals surface area contributed by atoms with Crippen molar-refractivity contribution < 1.29 is 4.42 Å². The van der Waals surface area contributed by atoms with Gasteiger partial charge in [0.25, 0.3) is 0 Å². The lowest BCUT2D eigenvalue weighted by molar-refractivity contribution is 0.495. The highest BCUT2D eigenvalue weighted by atomic mass is 16.3. The fourth-order valence-electron chi connectivity index (χ4n) is 1.77. The summed E-state index contributed by atoms with van der Waals surface area (Å²) in [5.41, 5.74) is 2.29. The predicted octanol–water partition coefficient (Wildman–Crippen LogP) is 2.88. The SMILES string of the molecule is C#CC(NCCC)c1c(C)oc(C)c1C. The summed E-state index contributed by atoms with van der Waals surface area (Å²) in [5.74, 6) is 4.66. The second-order valence-corrected chi connectivity index (χ2v) is 3.81.